The highest BCUT2D eigenvalue weighted by Gasteiger charge is 2.36. The average Bonchev–Trinajstić information content (AvgIpc) is 3.37. The number of fused-ring (bicyclic) bond motifs is 1. The van der Waals surface area contributed by atoms with Gasteiger partial charge in [0.1, 0.15) is 6.54 Å². The fourth-order valence-corrected chi connectivity index (χ4v) is 5.28. The lowest BCUT2D eigenvalue weighted by Crippen LogP contribution is -2.36. The molecule has 0 saturated carbocycles. The lowest BCUT2D eigenvalue weighted by atomic mass is 10.1. The predicted octanol–water partition coefficient (Wildman–Crippen LogP) is 5.88. The maximum Gasteiger partial charge on any atom is 0.294 e. The second kappa shape index (κ2) is 10.8. The molecule has 5 rings (SSSR count). The van der Waals surface area contributed by atoms with Crippen molar-refractivity contribution < 1.29 is 19.3 Å². The van der Waals surface area contributed by atoms with Gasteiger partial charge in [-0.05, 0) is 76.3 Å². The molecule has 0 atom stereocenters. The number of benzene rings is 3. The summed E-state index contributed by atoms with van der Waals surface area (Å²) in [6.45, 7) is 0.0857. The number of para-hydroxylation sites is 1. The van der Waals surface area contributed by atoms with E-state index in [0.29, 0.717) is 12.2 Å². The largest absolute Gasteiger partial charge is 0.342 e. The Morgan fingerprint density at radius 1 is 1.03 bits per heavy atom. The number of aromatic nitrogens is 1. The second-order valence-corrected chi connectivity index (χ2v) is 10.7. The van der Waals surface area contributed by atoms with Gasteiger partial charge in [-0.1, -0.05) is 30.3 Å². The number of amides is 3. The minimum Gasteiger partial charge on any atom is -0.342 e. The zero-order valence-electron chi connectivity index (χ0n) is 19.7. The molecule has 1 aliphatic rings. The van der Waals surface area contributed by atoms with Crippen LogP contribution in [0.2, 0.25) is 0 Å². The molecule has 3 aromatic carbocycles. The van der Waals surface area contributed by atoms with Crippen molar-refractivity contribution in [1.29, 1.82) is 0 Å². The van der Waals surface area contributed by atoms with Crippen molar-refractivity contribution in [3.05, 3.63) is 109 Å². The standard InChI is InChI=1S/C27H19IN4O5S/c28-19-7-9-20(10-8-19)29-25(33)16-31-26(34)24(38-27(31)35)13-18-15-30(23-4-2-1-3-22(18)23)14-17-5-11-21(12-6-17)32(36)37/h1-13,15H,14,16H2,(H,29,33)/b24-13-. The maximum absolute atomic E-state index is 13.0. The van der Waals surface area contributed by atoms with Gasteiger partial charge in [0.15, 0.2) is 0 Å². The number of non-ortho nitro benzene ring substituents is 1. The van der Waals surface area contributed by atoms with E-state index in [1.54, 1.807) is 30.3 Å². The quantitative estimate of drug-likeness (QED) is 0.117. The maximum atomic E-state index is 13.0. The zero-order chi connectivity index (χ0) is 26.8. The summed E-state index contributed by atoms with van der Waals surface area (Å²) in [6.07, 6.45) is 3.54. The SMILES string of the molecule is O=C(CN1C(=O)S/C(=C\c2cn(Cc3ccc([N+](=O)[O-])cc3)c3ccccc23)C1=O)Nc1ccc(I)cc1. The number of carbonyl (C=O) groups excluding carboxylic acids is 3. The number of hydrogen-bond acceptors (Lipinski definition) is 6. The van der Waals surface area contributed by atoms with Crippen LogP contribution in [-0.2, 0) is 16.1 Å². The first-order valence-corrected chi connectivity index (χ1v) is 13.3. The molecule has 1 aliphatic heterocycles. The number of thioether (sulfide) groups is 1. The number of carbonyl (C=O) groups is 3. The van der Waals surface area contributed by atoms with Crippen molar-refractivity contribution in [3.63, 3.8) is 0 Å². The lowest BCUT2D eigenvalue weighted by molar-refractivity contribution is -0.384. The Kier molecular flexibility index (Phi) is 7.29. The number of hydrogen-bond donors (Lipinski definition) is 1. The lowest BCUT2D eigenvalue weighted by Gasteiger charge is -2.12. The van der Waals surface area contributed by atoms with Gasteiger partial charge in [-0.25, -0.2) is 0 Å². The van der Waals surface area contributed by atoms with Crippen LogP contribution in [0.1, 0.15) is 11.1 Å². The smallest absolute Gasteiger partial charge is 0.294 e. The molecule has 11 heteroatoms. The second-order valence-electron chi connectivity index (χ2n) is 8.48. The molecule has 1 fully saturated rings. The average molecular weight is 638 g/mol. The number of anilines is 1. The highest BCUT2D eigenvalue weighted by Crippen LogP contribution is 2.34. The molecule has 0 aliphatic carbocycles. The van der Waals surface area contributed by atoms with E-state index in [1.165, 1.54) is 12.1 Å². The van der Waals surface area contributed by atoms with Gasteiger partial charge in [0.25, 0.3) is 16.8 Å². The van der Waals surface area contributed by atoms with E-state index in [1.807, 2.05) is 47.2 Å². The van der Waals surface area contributed by atoms with Gasteiger partial charge in [-0.3, -0.25) is 29.4 Å². The Bertz CT molecular complexity index is 1610. The predicted molar refractivity (Wildman–Crippen MR) is 155 cm³/mol. The van der Waals surface area contributed by atoms with Gasteiger partial charge in [-0.15, -0.1) is 0 Å². The minimum absolute atomic E-state index is 0.0229. The molecular formula is C27H19IN4O5S. The van der Waals surface area contributed by atoms with E-state index in [4.69, 9.17) is 0 Å². The summed E-state index contributed by atoms with van der Waals surface area (Å²) in [5.74, 6) is -0.987. The number of nitro benzene ring substituents is 1. The molecular weight excluding hydrogens is 619 g/mol. The van der Waals surface area contributed by atoms with Crippen LogP contribution >= 0.6 is 34.4 Å². The molecule has 1 N–H and O–H groups in total. The van der Waals surface area contributed by atoms with Gasteiger partial charge in [0, 0.05) is 50.6 Å². The summed E-state index contributed by atoms with van der Waals surface area (Å²) in [7, 11) is 0. The summed E-state index contributed by atoms with van der Waals surface area (Å²) in [5, 5.41) is 14.0. The Balaban J connectivity index is 1.36. The Hall–Kier alpha value is -3.97. The molecule has 38 heavy (non-hydrogen) atoms. The fraction of sp³-hybridized carbons (Fsp3) is 0.0741. The first-order chi connectivity index (χ1) is 18.3. The van der Waals surface area contributed by atoms with Crippen LogP contribution in [0.5, 0.6) is 0 Å². The van der Waals surface area contributed by atoms with E-state index >= 15 is 0 Å². The van der Waals surface area contributed by atoms with E-state index in [9.17, 15) is 24.5 Å². The minimum atomic E-state index is -0.523. The first-order valence-electron chi connectivity index (χ1n) is 11.4. The van der Waals surface area contributed by atoms with Crippen molar-refractivity contribution in [3.8, 4) is 0 Å². The Labute approximate surface area is 234 Å². The van der Waals surface area contributed by atoms with E-state index in [2.05, 4.69) is 27.9 Å². The summed E-state index contributed by atoms with van der Waals surface area (Å²) in [5.41, 5.74) is 3.14. The van der Waals surface area contributed by atoms with Crippen LogP contribution in [0, 0.1) is 13.7 Å². The Morgan fingerprint density at radius 2 is 1.74 bits per heavy atom. The third kappa shape index (κ3) is 5.48. The molecule has 0 bridgehead atoms. The van der Waals surface area contributed by atoms with Gasteiger partial charge in [0.2, 0.25) is 5.91 Å². The number of nitro groups is 1. The van der Waals surface area contributed by atoms with E-state index in [-0.39, 0.29) is 17.1 Å². The third-order valence-electron chi connectivity index (χ3n) is 5.91. The third-order valence-corrected chi connectivity index (χ3v) is 7.54. The van der Waals surface area contributed by atoms with Gasteiger partial charge in [0.05, 0.1) is 9.83 Å². The number of imide groups is 1. The molecule has 1 aromatic heterocycles. The molecule has 2 heterocycles. The summed E-state index contributed by atoms with van der Waals surface area (Å²) < 4.78 is 3.01. The number of halogens is 1. The molecule has 4 aromatic rings. The fourth-order valence-electron chi connectivity index (χ4n) is 4.10. The molecule has 0 unspecified atom stereocenters. The van der Waals surface area contributed by atoms with Gasteiger partial charge in [-0.2, -0.15) is 0 Å². The summed E-state index contributed by atoms with van der Waals surface area (Å²) >= 11 is 2.96. The molecule has 9 nitrogen and oxygen atoms in total. The Morgan fingerprint density at radius 3 is 2.45 bits per heavy atom. The first kappa shape index (κ1) is 25.7. The molecule has 1 saturated heterocycles. The highest BCUT2D eigenvalue weighted by atomic mass is 127. The topological polar surface area (TPSA) is 115 Å². The van der Waals surface area contributed by atoms with Crippen LogP contribution in [-0.4, -0.2) is 38.0 Å². The van der Waals surface area contributed by atoms with Crippen molar-refractivity contribution in [1.82, 2.24) is 9.47 Å². The van der Waals surface area contributed by atoms with E-state index in [0.717, 1.165) is 42.3 Å². The van der Waals surface area contributed by atoms with Crippen LogP contribution in [0.4, 0.5) is 16.2 Å². The number of rotatable bonds is 7. The van der Waals surface area contributed by atoms with Gasteiger partial charge < -0.3 is 9.88 Å². The van der Waals surface area contributed by atoms with Crippen molar-refractivity contribution in [2.75, 3.05) is 11.9 Å². The number of nitrogens with zero attached hydrogens (tertiary/aromatic N) is 3. The molecule has 0 spiro atoms. The van der Waals surface area contributed by atoms with Crippen LogP contribution in [0.3, 0.4) is 0 Å². The zero-order valence-corrected chi connectivity index (χ0v) is 22.6. The van der Waals surface area contributed by atoms with Crippen molar-refractivity contribution in [2.24, 2.45) is 0 Å². The molecule has 0 radical (unpaired) electrons. The van der Waals surface area contributed by atoms with Gasteiger partial charge >= 0.3 is 0 Å². The van der Waals surface area contributed by atoms with Crippen molar-refractivity contribution in [2.45, 2.75) is 6.54 Å². The van der Waals surface area contributed by atoms with Crippen molar-refractivity contribution >= 4 is 79.8 Å². The van der Waals surface area contributed by atoms with E-state index < -0.39 is 22.0 Å². The monoisotopic (exact) mass is 638 g/mol. The van der Waals surface area contributed by atoms with Crippen LogP contribution < -0.4 is 5.32 Å². The number of nitrogens with one attached hydrogen (secondary N) is 1. The molecule has 3 amide bonds. The molecule has 190 valence electrons. The summed E-state index contributed by atoms with van der Waals surface area (Å²) in [4.78, 5) is 49.8. The highest BCUT2D eigenvalue weighted by molar-refractivity contribution is 14.1. The van der Waals surface area contributed by atoms with Crippen LogP contribution in [0.15, 0.2) is 83.9 Å². The normalized spacial score (nSPS) is 14.4. The van der Waals surface area contributed by atoms with Crippen LogP contribution in [0.25, 0.3) is 17.0 Å². The summed E-state index contributed by atoms with van der Waals surface area (Å²) in [6, 6.07) is 21.2.